The summed E-state index contributed by atoms with van der Waals surface area (Å²) in [6.45, 7) is -0.104. The van der Waals surface area contributed by atoms with Gasteiger partial charge in [0, 0.05) is 30.8 Å². The number of aromatic nitrogens is 2. The number of benzene rings is 2. The van der Waals surface area contributed by atoms with E-state index in [4.69, 9.17) is 26.4 Å². The van der Waals surface area contributed by atoms with E-state index in [2.05, 4.69) is 9.97 Å². The fourth-order valence-electron chi connectivity index (χ4n) is 2.72. The molecule has 0 spiro atoms. The van der Waals surface area contributed by atoms with Crippen LogP contribution in [0, 0.1) is 10.8 Å². The summed E-state index contributed by atoms with van der Waals surface area (Å²) in [6, 6.07) is 13.4. The lowest BCUT2D eigenvalue weighted by molar-refractivity contribution is 0.0827. The molecule has 0 bridgehead atoms. The van der Waals surface area contributed by atoms with Crippen molar-refractivity contribution in [2.24, 2.45) is 0 Å². The molecule has 2 aromatic carbocycles. The number of aliphatic hydroxyl groups excluding tert-OH is 1. The third-order valence-electron chi connectivity index (χ3n) is 4.45. The molecule has 9 heteroatoms. The number of rotatable bonds is 5. The first kappa shape index (κ1) is 21.6. The third kappa shape index (κ3) is 4.90. The quantitative estimate of drug-likeness (QED) is 0.369. The fourth-order valence-corrected chi connectivity index (χ4v) is 2.72. The van der Waals surface area contributed by atoms with Crippen LogP contribution in [0.4, 0.5) is 5.82 Å². The second-order valence-electron chi connectivity index (χ2n) is 6.88. The summed E-state index contributed by atoms with van der Waals surface area (Å²) in [4.78, 5) is 22.0. The maximum absolute atomic E-state index is 12.0. The summed E-state index contributed by atoms with van der Waals surface area (Å²) >= 11 is 0. The molecule has 1 amide bonds. The molecule has 0 aliphatic carbocycles. The Morgan fingerprint density at radius 1 is 1.03 bits per heavy atom. The molecular weight excluding hydrogens is 396 g/mol. The number of carbonyl (C=O) groups excluding carboxylic acids is 1. The van der Waals surface area contributed by atoms with Crippen LogP contribution in [-0.4, -0.2) is 51.8 Å². The number of nitrogens with one attached hydrogen (secondary N) is 2. The average Bonchev–Trinajstić information content (AvgIpc) is 2.78. The third-order valence-corrected chi connectivity index (χ3v) is 4.45. The number of amides is 1. The number of ether oxygens (including phenoxy) is 1. The first-order valence-electron chi connectivity index (χ1n) is 9.30. The van der Waals surface area contributed by atoms with E-state index in [0.29, 0.717) is 27.9 Å². The van der Waals surface area contributed by atoms with Crippen molar-refractivity contribution in [3.8, 4) is 11.3 Å². The van der Waals surface area contributed by atoms with Gasteiger partial charge in [-0.15, -0.1) is 0 Å². The van der Waals surface area contributed by atoms with Crippen LogP contribution in [0.25, 0.3) is 11.3 Å². The van der Waals surface area contributed by atoms with Crippen molar-refractivity contribution in [3.05, 3.63) is 77.1 Å². The molecule has 0 fully saturated rings. The van der Waals surface area contributed by atoms with Gasteiger partial charge < -0.3 is 20.5 Å². The van der Waals surface area contributed by atoms with Gasteiger partial charge in [-0.05, 0) is 29.8 Å². The molecule has 31 heavy (non-hydrogen) atoms. The highest BCUT2D eigenvalue weighted by Gasteiger charge is 2.16. The Labute approximate surface area is 179 Å². The van der Waals surface area contributed by atoms with E-state index in [1.54, 1.807) is 62.6 Å². The SMILES string of the molecule is CN(C)C(=O)c1ccc(-c2cnc(N)c(C(=N)OC(=N)c3ccc(CO)cc3)n2)cc1. The monoisotopic (exact) mass is 418 g/mol. The minimum absolute atomic E-state index is 0.00247. The second kappa shape index (κ2) is 9.14. The van der Waals surface area contributed by atoms with Crippen molar-refractivity contribution in [2.75, 3.05) is 19.8 Å². The molecule has 0 unspecified atom stereocenters. The van der Waals surface area contributed by atoms with E-state index in [0.717, 1.165) is 0 Å². The van der Waals surface area contributed by atoms with Gasteiger partial charge in [0.2, 0.25) is 11.8 Å². The molecule has 0 aliphatic rings. The number of anilines is 1. The molecule has 1 heterocycles. The van der Waals surface area contributed by atoms with Crippen LogP contribution in [0.1, 0.15) is 27.2 Å². The van der Waals surface area contributed by atoms with Crippen LogP contribution in [0.2, 0.25) is 0 Å². The first-order chi connectivity index (χ1) is 14.8. The van der Waals surface area contributed by atoms with Crippen LogP contribution in [-0.2, 0) is 11.3 Å². The molecule has 3 rings (SSSR count). The highest BCUT2D eigenvalue weighted by atomic mass is 16.5. The van der Waals surface area contributed by atoms with Gasteiger partial charge in [0.25, 0.3) is 5.91 Å². The summed E-state index contributed by atoms with van der Waals surface area (Å²) in [6.07, 6.45) is 1.47. The number of aliphatic hydroxyl groups is 1. The molecule has 1 aromatic heterocycles. The number of nitrogens with zero attached hydrogens (tertiary/aromatic N) is 3. The lowest BCUT2D eigenvalue weighted by Gasteiger charge is -2.12. The number of carbonyl (C=O) groups is 1. The smallest absolute Gasteiger partial charge is 0.253 e. The number of nitrogens with two attached hydrogens (primary N) is 1. The largest absolute Gasteiger partial charge is 0.419 e. The van der Waals surface area contributed by atoms with Crippen LogP contribution < -0.4 is 5.73 Å². The zero-order valence-corrected chi connectivity index (χ0v) is 17.1. The fraction of sp³-hybridized carbons (Fsp3) is 0.136. The molecule has 158 valence electrons. The van der Waals surface area contributed by atoms with E-state index >= 15 is 0 Å². The van der Waals surface area contributed by atoms with Gasteiger partial charge in [-0.1, -0.05) is 24.3 Å². The summed E-state index contributed by atoms with van der Waals surface area (Å²) in [5, 5.41) is 25.4. The van der Waals surface area contributed by atoms with Gasteiger partial charge in [0.05, 0.1) is 18.5 Å². The molecule has 0 saturated heterocycles. The van der Waals surface area contributed by atoms with E-state index in [1.807, 2.05) is 0 Å². The topological polar surface area (TPSA) is 149 Å². The maximum atomic E-state index is 12.0. The summed E-state index contributed by atoms with van der Waals surface area (Å²) in [7, 11) is 3.36. The Bertz CT molecular complexity index is 1120. The van der Waals surface area contributed by atoms with Crippen molar-refractivity contribution >= 4 is 23.5 Å². The van der Waals surface area contributed by atoms with Gasteiger partial charge in [-0.25, -0.2) is 9.97 Å². The van der Waals surface area contributed by atoms with E-state index in [1.165, 1.54) is 11.1 Å². The molecule has 0 saturated carbocycles. The van der Waals surface area contributed by atoms with E-state index < -0.39 is 5.90 Å². The Morgan fingerprint density at radius 3 is 2.23 bits per heavy atom. The number of hydrogen-bond donors (Lipinski definition) is 4. The van der Waals surface area contributed by atoms with Crippen LogP contribution in [0.3, 0.4) is 0 Å². The van der Waals surface area contributed by atoms with Gasteiger partial charge in [-0.3, -0.25) is 15.6 Å². The predicted molar refractivity (Wildman–Crippen MR) is 117 cm³/mol. The van der Waals surface area contributed by atoms with Gasteiger partial charge in [0.1, 0.15) is 0 Å². The molecule has 0 atom stereocenters. The Kier molecular flexibility index (Phi) is 6.37. The Balaban J connectivity index is 1.80. The maximum Gasteiger partial charge on any atom is 0.253 e. The zero-order valence-electron chi connectivity index (χ0n) is 17.1. The minimum atomic E-state index is -0.414. The zero-order chi connectivity index (χ0) is 22.5. The van der Waals surface area contributed by atoms with Gasteiger partial charge in [-0.2, -0.15) is 0 Å². The highest BCUT2D eigenvalue weighted by molar-refractivity contribution is 6.05. The first-order valence-corrected chi connectivity index (χ1v) is 9.30. The molecular formula is C22H22N6O3. The highest BCUT2D eigenvalue weighted by Crippen LogP contribution is 2.20. The molecule has 5 N–H and O–H groups in total. The van der Waals surface area contributed by atoms with Crippen molar-refractivity contribution in [1.82, 2.24) is 14.9 Å². The van der Waals surface area contributed by atoms with Gasteiger partial charge >= 0.3 is 0 Å². The predicted octanol–water partition coefficient (Wildman–Crippen LogP) is 2.29. The minimum Gasteiger partial charge on any atom is -0.419 e. The number of hydrogen-bond acceptors (Lipinski definition) is 8. The standard InChI is InChI=1S/C22H22N6O3/c1-28(2)22(30)16-9-7-14(8-10-16)17-11-26-19(23)18(27-17)21(25)31-20(24)15-5-3-13(12-29)4-6-15/h3-11,24-25,29H,12H2,1-2H3,(H2,23,26). The molecule has 0 aliphatic heterocycles. The molecule has 9 nitrogen and oxygen atoms in total. The summed E-state index contributed by atoms with van der Waals surface area (Å²) in [5.74, 6) is -0.789. The van der Waals surface area contributed by atoms with Gasteiger partial charge in [0.15, 0.2) is 11.5 Å². The average molecular weight is 418 g/mol. The lowest BCUT2D eigenvalue weighted by atomic mass is 10.1. The van der Waals surface area contributed by atoms with Crippen molar-refractivity contribution < 1.29 is 14.6 Å². The van der Waals surface area contributed by atoms with Crippen molar-refractivity contribution in [3.63, 3.8) is 0 Å². The lowest BCUT2D eigenvalue weighted by Crippen LogP contribution is -2.21. The number of nitrogen functional groups attached to an aromatic ring is 1. The van der Waals surface area contributed by atoms with Crippen LogP contribution in [0.15, 0.2) is 54.7 Å². The summed E-state index contributed by atoms with van der Waals surface area (Å²) in [5.41, 5.74) is 8.68. The van der Waals surface area contributed by atoms with E-state index in [-0.39, 0.29) is 29.9 Å². The van der Waals surface area contributed by atoms with Crippen molar-refractivity contribution in [1.29, 1.82) is 10.8 Å². The van der Waals surface area contributed by atoms with Crippen LogP contribution >= 0.6 is 0 Å². The van der Waals surface area contributed by atoms with E-state index in [9.17, 15) is 4.79 Å². The Morgan fingerprint density at radius 2 is 1.65 bits per heavy atom. The summed E-state index contributed by atoms with van der Waals surface area (Å²) < 4.78 is 5.32. The Hall–Kier alpha value is -4.11. The molecule has 0 radical (unpaired) electrons. The van der Waals surface area contributed by atoms with Crippen LogP contribution in [0.5, 0.6) is 0 Å². The molecule has 3 aromatic rings. The van der Waals surface area contributed by atoms with Crippen molar-refractivity contribution in [2.45, 2.75) is 6.61 Å². The normalized spacial score (nSPS) is 10.4. The second-order valence-corrected chi connectivity index (χ2v) is 6.88.